The summed E-state index contributed by atoms with van der Waals surface area (Å²) in [6, 6.07) is 12.5. The lowest BCUT2D eigenvalue weighted by Gasteiger charge is -2.16. The average molecular weight is 436 g/mol. The maximum atomic E-state index is 13.1. The van der Waals surface area contributed by atoms with Crippen molar-refractivity contribution < 1.29 is 18.7 Å². The van der Waals surface area contributed by atoms with Crippen molar-refractivity contribution in [1.29, 1.82) is 0 Å². The van der Waals surface area contributed by atoms with Crippen LogP contribution in [0, 0.1) is 5.82 Å². The number of hydrogen-bond donors (Lipinski definition) is 1. The number of halogens is 1. The van der Waals surface area contributed by atoms with Crippen LogP contribution in [0.15, 0.2) is 60.9 Å². The number of imide groups is 1. The van der Waals surface area contributed by atoms with Crippen molar-refractivity contribution in [2.45, 2.75) is 38.8 Å². The number of rotatable bonds is 9. The van der Waals surface area contributed by atoms with Gasteiger partial charge in [-0.2, -0.15) is 5.10 Å². The summed E-state index contributed by atoms with van der Waals surface area (Å²) in [6.45, 7) is 3.20. The molecule has 7 nitrogen and oxygen atoms in total. The van der Waals surface area contributed by atoms with E-state index in [1.165, 1.54) is 17.0 Å². The predicted octanol–water partition coefficient (Wildman–Crippen LogP) is 3.99. The van der Waals surface area contributed by atoms with Crippen LogP contribution in [0.25, 0.3) is 0 Å². The van der Waals surface area contributed by atoms with E-state index >= 15 is 0 Å². The van der Waals surface area contributed by atoms with Gasteiger partial charge in [0.05, 0.1) is 37.1 Å². The first-order chi connectivity index (χ1) is 15.5. The third-order valence-electron chi connectivity index (χ3n) is 5.24. The van der Waals surface area contributed by atoms with Gasteiger partial charge < -0.3 is 10.1 Å². The van der Waals surface area contributed by atoms with Crippen molar-refractivity contribution in [2.24, 2.45) is 0 Å². The standard InChI is InChI=1S/C24H25FN4O3/c1-2-3-12-32-21-10-8-20(9-11-21)29-23(30)13-22(24(29)31)27-19-14-26-28(16-19)15-17-4-6-18(25)7-5-17/h4-11,14,16,22,27H,2-3,12-13,15H2,1H3/t22-/m0/s1. The minimum Gasteiger partial charge on any atom is -0.494 e. The summed E-state index contributed by atoms with van der Waals surface area (Å²) >= 11 is 0. The van der Waals surface area contributed by atoms with Crippen LogP contribution in [-0.4, -0.2) is 34.2 Å². The van der Waals surface area contributed by atoms with Gasteiger partial charge in [-0.25, -0.2) is 9.29 Å². The molecule has 0 unspecified atom stereocenters. The number of unbranched alkanes of at least 4 members (excludes halogenated alkanes) is 1. The molecule has 4 rings (SSSR count). The number of anilines is 2. The van der Waals surface area contributed by atoms with Gasteiger partial charge in [0, 0.05) is 6.20 Å². The molecule has 2 aromatic carbocycles. The molecule has 8 heteroatoms. The first kappa shape index (κ1) is 21.5. The topological polar surface area (TPSA) is 76.5 Å². The van der Waals surface area contributed by atoms with Crippen molar-refractivity contribution in [3.8, 4) is 5.75 Å². The van der Waals surface area contributed by atoms with E-state index in [-0.39, 0.29) is 24.1 Å². The van der Waals surface area contributed by atoms with Gasteiger partial charge in [0.25, 0.3) is 5.91 Å². The van der Waals surface area contributed by atoms with Crippen LogP contribution in [0.3, 0.4) is 0 Å². The van der Waals surface area contributed by atoms with Gasteiger partial charge >= 0.3 is 0 Å². The number of aromatic nitrogens is 2. The second-order valence-corrected chi connectivity index (χ2v) is 7.72. The zero-order valence-electron chi connectivity index (χ0n) is 17.8. The molecule has 0 saturated carbocycles. The Labute approximate surface area is 185 Å². The average Bonchev–Trinajstić information content (AvgIpc) is 3.34. The Morgan fingerprint density at radius 1 is 1.12 bits per heavy atom. The highest BCUT2D eigenvalue weighted by atomic mass is 19.1. The molecule has 32 heavy (non-hydrogen) atoms. The van der Waals surface area contributed by atoms with Gasteiger partial charge in [0.2, 0.25) is 5.91 Å². The Bertz CT molecular complexity index is 1080. The van der Waals surface area contributed by atoms with E-state index in [0.29, 0.717) is 30.3 Å². The molecule has 0 bridgehead atoms. The SMILES string of the molecule is CCCCOc1ccc(N2C(=O)C[C@H](Nc3cnn(Cc4ccc(F)cc4)c3)C2=O)cc1. The first-order valence-corrected chi connectivity index (χ1v) is 10.7. The molecule has 1 aliphatic rings. The largest absolute Gasteiger partial charge is 0.494 e. The van der Waals surface area contributed by atoms with Crippen LogP contribution in [0.4, 0.5) is 15.8 Å². The quantitative estimate of drug-likeness (QED) is 0.405. The highest BCUT2D eigenvalue weighted by Gasteiger charge is 2.39. The van der Waals surface area contributed by atoms with Gasteiger partial charge in [-0.15, -0.1) is 0 Å². The minimum absolute atomic E-state index is 0.0662. The van der Waals surface area contributed by atoms with Crippen molar-refractivity contribution >= 4 is 23.2 Å². The highest BCUT2D eigenvalue weighted by Crippen LogP contribution is 2.27. The van der Waals surface area contributed by atoms with Crippen LogP contribution in [0.1, 0.15) is 31.7 Å². The van der Waals surface area contributed by atoms with E-state index in [1.807, 2.05) is 0 Å². The molecule has 166 valence electrons. The second kappa shape index (κ2) is 9.64. The zero-order valence-corrected chi connectivity index (χ0v) is 17.8. The van der Waals surface area contributed by atoms with E-state index in [9.17, 15) is 14.0 Å². The lowest BCUT2D eigenvalue weighted by molar-refractivity contribution is -0.121. The number of ether oxygens (including phenoxy) is 1. The summed E-state index contributed by atoms with van der Waals surface area (Å²) in [5.74, 6) is -0.138. The predicted molar refractivity (Wildman–Crippen MR) is 119 cm³/mol. The maximum Gasteiger partial charge on any atom is 0.256 e. The minimum atomic E-state index is -0.661. The third kappa shape index (κ3) is 4.96. The van der Waals surface area contributed by atoms with Crippen molar-refractivity contribution in [3.05, 3.63) is 72.3 Å². The Morgan fingerprint density at radius 2 is 1.88 bits per heavy atom. The normalized spacial score (nSPS) is 15.9. The number of nitrogens with one attached hydrogen (secondary N) is 1. The molecular formula is C24H25FN4O3. The fourth-order valence-corrected chi connectivity index (χ4v) is 3.54. The summed E-state index contributed by atoms with van der Waals surface area (Å²) in [4.78, 5) is 26.6. The van der Waals surface area contributed by atoms with Crippen LogP contribution >= 0.6 is 0 Å². The highest BCUT2D eigenvalue weighted by molar-refractivity contribution is 6.23. The summed E-state index contributed by atoms with van der Waals surface area (Å²) in [6.07, 6.45) is 5.45. The summed E-state index contributed by atoms with van der Waals surface area (Å²) in [5, 5.41) is 7.38. The summed E-state index contributed by atoms with van der Waals surface area (Å²) in [5.41, 5.74) is 2.07. The van der Waals surface area contributed by atoms with Gasteiger partial charge in [0.1, 0.15) is 17.6 Å². The summed E-state index contributed by atoms with van der Waals surface area (Å²) < 4.78 is 20.4. The van der Waals surface area contributed by atoms with Crippen molar-refractivity contribution in [3.63, 3.8) is 0 Å². The Kier molecular flexibility index (Phi) is 6.49. The Balaban J connectivity index is 1.38. The zero-order chi connectivity index (χ0) is 22.5. The molecular weight excluding hydrogens is 411 g/mol. The fourth-order valence-electron chi connectivity index (χ4n) is 3.54. The molecule has 2 heterocycles. The number of benzene rings is 2. The van der Waals surface area contributed by atoms with E-state index < -0.39 is 6.04 Å². The fraction of sp³-hybridized carbons (Fsp3) is 0.292. The molecule has 1 aliphatic heterocycles. The Morgan fingerprint density at radius 3 is 2.59 bits per heavy atom. The number of carbonyl (C=O) groups is 2. The number of hydrogen-bond acceptors (Lipinski definition) is 5. The van der Waals surface area contributed by atoms with E-state index in [4.69, 9.17) is 4.74 Å². The summed E-state index contributed by atoms with van der Waals surface area (Å²) in [7, 11) is 0. The first-order valence-electron chi connectivity index (χ1n) is 10.7. The molecule has 1 fully saturated rings. The molecule has 1 atom stereocenters. The smallest absolute Gasteiger partial charge is 0.256 e. The van der Waals surface area contributed by atoms with E-state index in [1.54, 1.807) is 53.5 Å². The lowest BCUT2D eigenvalue weighted by Crippen LogP contribution is -2.34. The molecule has 0 spiro atoms. The Hall–Kier alpha value is -3.68. The molecule has 1 saturated heterocycles. The maximum absolute atomic E-state index is 13.1. The monoisotopic (exact) mass is 436 g/mol. The number of carbonyl (C=O) groups excluding carboxylic acids is 2. The lowest BCUT2D eigenvalue weighted by atomic mass is 10.2. The third-order valence-corrected chi connectivity index (χ3v) is 5.24. The van der Waals surface area contributed by atoms with Crippen LogP contribution in [-0.2, 0) is 16.1 Å². The number of amides is 2. The van der Waals surface area contributed by atoms with Crippen LogP contribution < -0.4 is 15.0 Å². The van der Waals surface area contributed by atoms with Gasteiger partial charge in [-0.3, -0.25) is 14.3 Å². The number of nitrogens with zero attached hydrogens (tertiary/aromatic N) is 3. The molecule has 0 radical (unpaired) electrons. The van der Waals surface area contributed by atoms with Crippen molar-refractivity contribution in [1.82, 2.24) is 9.78 Å². The second-order valence-electron chi connectivity index (χ2n) is 7.72. The van der Waals surface area contributed by atoms with E-state index in [0.717, 1.165) is 18.4 Å². The van der Waals surface area contributed by atoms with Gasteiger partial charge in [0.15, 0.2) is 0 Å². The molecule has 3 aromatic rings. The van der Waals surface area contributed by atoms with Crippen LogP contribution in [0.2, 0.25) is 0 Å². The molecule has 0 aliphatic carbocycles. The van der Waals surface area contributed by atoms with Gasteiger partial charge in [-0.05, 0) is 48.4 Å². The molecule has 1 N–H and O–H groups in total. The van der Waals surface area contributed by atoms with Crippen LogP contribution in [0.5, 0.6) is 5.75 Å². The van der Waals surface area contributed by atoms with Crippen molar-refractivity contribution in [2.75, 3.05) is 16.8 Å². The van der Waals surface area contributed by atoms with Gasteiger partial charge in [-0.1, -0.05) is 25.5 Å². The molecule has 2 amide bonds. The molecule has 1 aromatic heterocycles. The van der Waals surface area contributed by atoms with E-state index in [2.05, 4.69) is 17.3 Å².